The SMILES string of the molecule is CCc1cc(C(=O)OF)ccc1OCCCCl. The summed E-state index contributed by atoms with van der Waals surface area (Å²) in [5.41, 5.74) is 1.01. The van der Waals surface area contributed by atoms with Crippen LogP contribution in [0.15, 0.2) is 18.2 Å². The fourth-order valence-corrected chi connectivity index (χ4v) is 1.51. The number of ether oxygens (including phenoxy) is 1. The van der Waals surface area contributed by atoms with Gasteiger partial charge in [0.05, 0.1) is 12.2 Å². The number of benzene rings is 1. The summed E-state index contributed by atoms with van der Waals surface area (Å²) in [4.78, 5) is 14.2. The van der Waals surface area contributed by atoms with Gasteiger partial charge in [-0.05, 0) is 36.6 Å². The van der Waals surface area contributed by atoms with E-state index < -0.39 is 5.97 Å². The van der Waals surface area contributed by atoms with Crippen LogP contribution < -0.4 is 4.74 Å². The highest BCUT2D eigenvalue weighted by molar-refractivity contribution is 6.17. The monoisotopic (exact) mass is 260 g/mol. The third kappa shape index (κ3) is 3.89. The van der Waals surface area contributed by atoms with Gasteiger partial charge in [-0.2, -0.15) is 0 Å². The molecule has 0 aromatic heterocycles. The number of carbonyl (C=O) groups is 1. The normalized spacial score (nSPS) is 10.1. The van der Waals surface area contributed by atoms with E-state index in [4.69, 9.17) is 16.3 Å². The molecule has 0 saturated heterocycles. The Morgan fingerprint density at radius 3 is 2.82 bits per heavy atom. The van der Waals surface area contributed by atoms with Crippen molar-refractivity contribution in [1.29, 1.82) is 0 Å². The number of rotatable bonds is 6. The molecule has 0 aliphatic heterocycles. The van der Waals surface area contributed by atoms with E-state index in [1.54, 1.807) is 12.1 Å². The van der Waals surface area contributed by atoms with E-state index in [1.807, 2.05) is 6.92 Å². The van der Waals surface area contributed by atoms with Gasteiger partial charge in [0.15, 0.2) is 0 Å². The van der Waals surface area contributed by atoms with Crippen LogP contribution >= 0.6 is 11.6 Å². The lowest BCUT2D eigenvalue weighted by molar-refractivity contribution is -0.0788. The second-order valence-electron chi connectivity index (χ2n) is 3.43. The first-order chi connectivity index (χ1) is 8.22. The van der Waals surface area contributed by atoms with Crippen LogP contribution in [0.4, 0.5) is 4.53 Å². The topological polar surface area (TPSA) is 35.5 Å². The second-order valence-corrected chi connectivity index (χ2v) is 3.81. The van der Waals surface area contributed by atoms with Crippen molar-refractivity contribution in [1.82, 2.24) is 0 Å². The van der Waals surface area contributed by atoms with E-state index in [1.165, 1.54) is 6.07 Å². The summed E-state index contributed by atoms with van der Waals surface area (Å²) in [5, 5.41) is 0. The molecular formula is C12H14ClFO3. The predicted molar refractivity (Wildman–Crippen MR) is 63.2 cm³/mol. The number of hydrogen-bond acceptors (Lipinski definition) is 3. The molecule has 0 fully saturated rings. The molecule has 1 aromatic rings. The summed E-state index contributed by atoms with van der Waals surface area (Å²) in [5.74, 6) is 0.230. The van der Waals surface area contributed by atoms with Gasteiger partial charge in [-0.3, -0.25) is 0 Å². The summed E-state index contributed by atoms with van der Waals surface area (Å²) in [6, 6.07) is 4.67. The number of carbonyl (C=O) groups excluding carboxylic acids is 1. The summed E-state index contributed by atoms with van der Waals surface area (Å²) in [6.45, 7) is 2.44. The van der Waals surface area contributed by atoms with Crippen molar-refractivity contribution in [3.05, 3.63) is 29.3 Å². The van der Waals surface area contributed by atoms with Crippen molar-refractivity contribution in [2.45, 2.75) is 19.8 Å². The van der Waals surface area contributed by atoms with Crippen molar-refractivity contribution in [3.8, 4) is 5.75 Å². The van der Waals surface area contributed by atoms with Gasteiger partial charge in [0.1, 0.15) is 5.75 Å². The zero-order valence-electron chi connectivity index (χ0n) is 9.54. The maximum atomic E-state index is 11.8. The van der Waals surface area contributed by atoms with Crippen LogP contribution in [-0.2, 0) is 11.4 Å². The largest absolute Gasteiger partial charge is 0.493 e. The van der Waals surface area contributed by atoms with E-state index in [-0.39, 0.29) is 5.56 Å². The van der Waals surface area contributed by atoms with E-state index in [0.29, 0.717) is 24.7 Å². The van der Waals surface area contributed by atoms with Crippen LogP contribution in [0, 0.1) is 0 Å². The zero-order chi connectivity index (χ0) is 12.7. The molecule has 0 aliphatic carbocycles. The average Bonchev–Trinajstić information content (AvgIpc) is 2.38. The van der Waals surface area contributed by atoms with E-state index in [2.05, 4.69) is 4.94 Å². The minimum atomic E-state index is -0.994. The molecule has 3 nitrogen and oxygen atoms in total. The molecule has 5 heteroatoms. The minimum absolute atomic E-state index is 0.175. The average molecular weight is 261 g/mol. The Labute approximate surface area is 104 Å². The fraction of sp³-hybridized carbons (Fsp3) is 0.417. The zero-order valence-corrected chi connectivity index (χ0v) is 10.3. The molecule has 1 aromatic carbocycles. The van der Waals surface area contributed by atoms with E-state index >= 15 is 0 Å². The highest BCUT2D eigenvalue weighted by atomic mass is 35.5. The van der Waals surface area contributed by atoms with Crippen LogP contribution in [0.3, 0.4) is 0 Å². The van der Waals surface area contributed by atoms with Gasteiger partial charge in [-0.1, -0.05) is 6.92 Å². The highest BCUT2D eigenvalue weighted by Crippen LogP contribution is 2.21. The summed E-state index contributed by atoms with van der Waals surface area (Å²) in [7, 11) is 0. The number of aryl methyl sites for hydroxylation is 1. The lowest BCUT2D eigenvalue weighted by Crippen LogP contribution is -2.04. The lowest BCUT2D eigenvalue weighted by Gasteiger charge is -2.10. The number of alkyl halides is 1. The molecule has 0 amide bonds. The molecule has 0 radical (unpaired) electrons. The molecule has 0 N–H and O–H groups in total. The molecular weight excluding hydrogens is 247 g/mol. The Morgan fingerprint density at radius 1 is 1.47 bits per heavy atom. The molecule has 0 spiro atoms. The van der Waals surface area contributed by atoms with Crippen molar-refractivity contribution < 1.29 is 19.0 Å². The van der Waals surface area contributed by atoms with Crippen LogP contribution in [0.1, 0.15) is 29.3 Å². The molecule has 0 saturated carbocycles. The first-order valence-corrected chi connectivity index (χ1v) is 5.91. The fourth-order valence-electron chi connectivity index (χ4n) is 1.40. The van der Waals surface area contributed by atoms with Gasteiger partial charge >= 0.3 is 5.97 Å². The van der Waals surface area contributed by atoms with Crippen LogP contribution in [0.2, 0.25) is 0 Å². The quantitative estimate of drug-likeness (QED) is 0.582. The van der Waals surface area contributed by atoms with Crippen LogP contribution in [0.25, 0.3) is 0 Å². The van der Waals surface area contributed by atoms with E-state index in [0.717, 1.165) is 12.0 Å². The van der Waals surface area contributed by atoms with Crippen LogP contribution in [0.5, 0.6) is 5.75 Å². The number of hydrogen-bond donors (Lipinski definition) is 0. The Hall–Kier alpha value is -1.29. The lowest BCUT2D eigenvalue weighted by atomic mass is 10.1. The maximum absolute atomic E-state index is 11.8. The standard InChI is InChI=1S/C12H14ClFO3/c1-2-9-8-10(12(15)17-14)4-5-11(9)16-7-3-6-13/h4-5,8H,2-3,6-7H2,1H3. The molecule has 0 atom stereocenters. The van der Waals surface area contributed by atoms with Gasteiger partial charge in [-0.15, -0.1) is 11.6 Å². The van der Waals surface area contributed by atoms with Gasteiger partial charge in [0.25, 0.3) is 0 Å². The molecule has 0 unspecified atom stereocenters. The summed E-state index contributed by atoms with van der Waals surface area (Å²) >= 11 is 5.54. The first kappa shape index (κ1) is 13.8. The Kier molecular flexibility index (Phi) is 5.77. The van der Waals surface area contributed by atoms with E-state index in [9.17, 15) is 9.32 Å². The van der Waals surface area contributed by atoms with Crippen molar-refractivity contribution in [2.75, 3.05) is 12.5 Å². The second kappa shape index (κ2) is 7.12. The smallest absolute Gasteiger partial charge is 0.379 e. The minimum Gasteiger partial charge on any atom is -0.493 e. The van der Waals surface area contributed by atoms with Crippen molar-refractivity contribution in [3.63, 3.8) is 0 Å². The summed E-state index contributed by atoms with van der Waals surface area (Å²) < 4.78 is 17.3. The third-order valence-electron chi connectivity index (χ3n) is 2.28. The Bertz CT molecular complexity index is 382. The maximum Gasteiger partial charge on any atom is 0.379 e. The molecule has 0 bridgehead atoms. The Morgan fingerprint density at radius 2 is 2.24 bits per heavy atom. The number of halogens is 2. The molecule has 1 rings (SSSR count). The van der Waals surface area contributed by atoms with Gasteiger partial charge < -0.3 is 4.74 Å². The predicted octanol–water partition coefficient (Wildman–Crippen LogP) is 3.30. The van der Waals surface area contributed by atoms with Crippen LogP contribution in [-0.4, -0.2) is 18.5 Å². The first-order valence-electron chi connectivity index (χ1n) is 5.37. The Balaban J connectivity index is 2.81. The van der Waals surface area contributed by atoms with Gasteiger partial charge in [-0.25, -0.2) is 9.74 Å². The van der Waals surface area contributed by atoms with Gasteiger partial charge in [0, 0.05) is 10.4 Å². The van der Waals surface area contributed by atoms with Gasteiger partial charge in [0.2, 0.25) is 0 Å². The molecule has 17 heavy (non-hydrogen) atoms. The van der Waals surface area contributed by atoms with Crippen molar-refractivity contribution in [2.24, 2.45) is 0 Å². The molecule has 0 aliphatic rings. The van der Waals surface area contributed by atoms with Crippen molar-refractivity contribution >= 4 is 17.6 Å². The molecule has 0 heterocycles. The third-order valence-corrected chi connectivity index (χ3v) is 2.55. The highest BCUT2D eigenvalue weighted by Gasteiger charge is 2.11. The molecule has 94 valence electrons. The summed E-state index contributed by atoms with van der Waals surface area (Å²) in [6.07, 6.45) is 1.43.